The number of hydrogen-bond acceptors (Lipinski definition) is 2. The van der Waals surface area contributed by atoms with E-state index in [9.17, 15) is 4.79 Å². The van der Waals surface area contributed by atoms with Crippen LogP contribution in [0.3, 0.4) is 0 Å². The summed E-state index contributed by atoms with van der Waals surface area (Å²) < 4.78 is 0. The Bertz CT molecular complexity index is 568. The minimum atomic E-state index is -0.314. The summed E-state index contributed by atoms with van der Waals surface area (Å²) in [5.74, 6) is 1.02. The maximum absolute atomic E-state index is 12.7. The molecular formula is C20H33IN4O. The van der Waals surface area contributed by atoms with Gasteiger partial charge in [0.05, 0.1) is 12.0 Å². The second-order valence-electron chi connectivity index (χ2n) is 7.04. The Labute approximate surface area is 175 Å². The van der Waals surface area contributed by atoms with Crippen molar-refractivity contribution in [3.05, 3.63) is 35.9 Å². The van der Waals surface area contributed by atoms with Crippen LogP contribution in [-0.4, -0.2) is 50.5 Å². The van der Waals surface area contributed by atoms with Crippen molar-refractivity contribution in [1.82, 2.24) is 15.5 Å². The number of hydrogen-bond donors (Lipinski definition) is 2. The maximum Gasteiger partial charge on any atom is 0.230 e. The summed E-state index contributed by atoms with van der Waals surface area (Å²) in [4.78, 5) is 19.1. The van der Waals surface area contributed by atoms with Gasteiger partial charge in [0.2, 0.25) is 5.91 Å². The lowest BCUT2D eigenvalue weighted by molar-refractivity contribution is -0.138. The molecule has 6 heteroatoms. The predicted molar refractivity (Wildman–Crippen MR) is 119 cm³/mol. The Morgan fingerprint density at radius 1 is 1.15 bits per heavy atom. The molecule has 0 unspecified atom stereocenters. The number of carbonyl (C=O) groups excluding carboxylic acids is 1. The van der Waals surface area contributed by atoms with E-state index >= 15 is 0 Å². The zero-order valence-corrected chi connectivity index (χ0v) is 18.6. The molecule has 1 saturated carbocycles. The molecule has 0 spiro atoms. The van der Waals surface area contributed by atoms with Crippen molar-refractivity contribution < 1.29 is 4.79 Å². The normalized spacial score (nSPS) is 15.9. The summed E-state index contributed by atoms with van der Waals surface area (Å²) in [6, 6.07) is 10.4. The van der Waals surface area contributed by atoms with Crippen LogP contribution in [0.15, 0.2) is 35.3 Å². The average Bonchev–Trinajstić information content (AvgIpc) is 3.10. The van der Waals surface area contributed by atoms with Crippen molar-refractivity contribution in [1.29, 1.82) is 0 Å². The molecule has 1 aliphatic rings. The van der Waals surface area contributed by atoms with Gasteiger partial charge in [-0.1, -0.05) is 43.2 Å². The molecule has 1 amide bonds. The minimum Gasteiger partial charge on any atom is -0.357 e. The van der Waals surface area contributed by atoms with Crippen LogP contribution in [0.25, 0.3) is 0 Å². The smallest absolute Gasteiger partial charge is 0.230 e. The lowest BCUT2D eigenvalue weighted by atomic mass is 9.85. The Balaban J connectivity index is 0.00000338. The van der Waals surface area contributed by atoms with Crippen LogP contribution in [0.4, 0.5) is 0 Å². The molecule has 0 saturated heterocycles. The first-order valence-electron chi connectivity index (χ1n) is 9.35. The topological polar surface area (TPSA) is 56.7 Å². The first kappa shape index (κ1) is 22.7. The van der Waals surface area contributed by atoms with Crippen molar-refractivity contribution in [3.63, 3.8) is 0 Å². The van der Waals surface area contributed by atoms with Gasteiger partial charge in [0.1, 0.15) is 0 Å². The summed E-state index contributed by atoms with van der Waals surface area (Å²) in [6.07, 6.45) is 5.07. The number of aliphatic imine (C=N–C) groups is 1. The number of benzene rings is 1. The lowest BCUT2D eigenvalue weighted by Crippen LogP contribution is -2.43. The molecule has 0 aromatic heterocycles. The van der Waals surface area contributed by atoms with Crippen molar-refractivity contribution >= 4 is 35.8 Å². The van der Waals surface area contributed by atoms with Crippen LogP contribution < -0.4 is 10.6 Å². The van der Waals surface area contributed by atoms with E-state index in [2.05, 4.69) is 41.8 Å². The van der Waals surface area contributed by atoms with Crippen LogP contribution in [0.2, 0.25) is 0 Å². The van der Waals surface area contributed by atoms with Gasteiger partial charge < -0.3 is 15.5 Å². The highest BCUT2D eigenvalue weighted by Gasteiger charge is 2.41. The number of rotatable bonds is 7. The monoisotopic (exact) mass is 472 g/mol. The standard InChI is InChI=1S/C20H32N4O.HI/c1-4-21-19(22-15-12-17-10-6-5-7-11-17)23-16-20(13-8-9-14-20)18(25)24(2)3;/h5-7,10-11H,4,8-9,12-16H2,1-3H3,(H2,21,22,23);1H. The molecule has 0 radical (unpaired) electrons. The van der Waals surface area contributed by atoms with Crippen molar-refractivity contribution in [2.75, 3.05) is 33.7 Å². The Kier molecular flexibility index (Phi) is 9.98. The summed E-state index contributed by atoms with van der Waals surface area (Å²) in [6.45, 7) is 4.26. The van der Waals surface area contributed by atoms with Crippen LogP contribution in [-0.2, 0) is 11.2 Å². The summed E-state index contributed by atoms with van der Waals surface area (Å²) >= 11 is 0. The predicted octanol–water partition coefficient (Wildman–Crippen LogP) is 3.05. The molecular weight excluding hydrogens is 439 g/mol. The molecule has 1 aliphatic carbocycles. The third-order valence-corrected chi connectivity index (χ3v) is 4.85. The largest absolute Gasteiger partial charge is 0.357 e. The number of guanidine groups is 1. The molecule has 0 atom stereocenters. The number of amides is 1. The van der Waals surface area contributed by atoms with Crippen molar-refractivity contribution in [2.24, 2.45) is 10.4 Å². The number of carbonyl (C=O) groups is 1. The quantitative estimate of drug-likeness (QED) is 0.365. The average molecular weight is 472 g/mol. The third-order valence-electron chi connectivity index (χ3n) is 4.85. The van der Waals surface area contributed by atoms with Gasteiger partial charge >= 0.3 is 0 Å². The fraction of sp³-hybridized carbons (Fsp3) is 0.600. The van der Waals surface area contributed by atoms with E-state index in [1.165, 1.54) is 5.56 Å². The molecule has 146 valence electrons. The van der Waals surface area contributed by atoms with E-state index in [1.54, 1.807) is 4.90 Å². The maximum atomic E-state index is 12.7. The highest BCUT2D eigenvalue weighted by Crippen LogP contribution is 2.39. The van der Waals surface area contributed by atoms with Gasteiger partial charge in [-0.15, -0.1) is 24.0 Å². The van der Waals surface area contributed by atoms with Crippen LogP contribution >= 0.6 is 24.0 Å². The second kappa shape index (κ2) is 11.4. The van der Waals surface area contributed by atoms with Gasteiger partial charge in [0.25, 0.3) is 0 Å². The summed E-state index contributed by atoms with van der Waals surface area (Å²) in [5.41, 5.74) is 0.992. The highest BCUT2D eigenvalue weighted by atomic mass is 127. The molecule has 2 rings (SSSR count). The second-order valence-corrected chi connectivity index (χ2v) is 7.04. The molecule has 0 aliphatic heterocycles. The number of halogens is 1. The van der Waals surface area contributed by atoms with Crippen LogP contribution in [0.1, 0.15) is 38.2 Å². The Morgan fingerprint density at radius 3 is 2.38 bits per heavy atom. The number of nitrogens with one attached hydrogen (secondary N) is 2. The van der Waals surface area contributed by atoms with Crippen LogP contribution in [0.5, 0.6) is 0 Å². The van der Waals surface area contributed by atoms with E-state index in [-0.39, 0.29) is 35.3 Å². The molecule has 1 aromatic rings. The van der Waals surface area contributed by atoms with E-state index < -0.39 is 0 Å². The van der Waals surface area contributed by atoms with Gasteiger partial charge in [-0.2, -0.15) is 0 Å². The lowest BCUT2D eigenvalue weighted by Gasteiger charge is -2.29. The summed E-state index contributed by atoms with van der Waals surface area (Å²) in [5, 5.41) is 6.68. The van der Waals surface area contributed by atoms with E-state index in [0.717, 1.165) is 51.2 Å². The van der Waals surface area contributed by atoms with Gasteiger partial charge in [-0.25, -0.2) is 0 Å². The highest BCUT2D eigenvalue weighted by molar-refractivity contribution is 14.0. The molecule has 2 N–H and O–H groups in total. The molecule has 1 aromatic carbocycles. The third kappa shape index (κ3) is 6.45. The fourth-order valence-electron chi connectivity index (χ4n) is 3.51. The zero-order valence-electron chi connectivity index (χ0n) is 16.3. The van der Waals surface area contributed by atoms with Crippen LogP contribution in [0, 0.1) is 5.41 Å². The van der Waals surface area contributed by atoms with Gasteiger partial charge in [-0.05, 0) is 31.7 Å². The zero-order chi connectivity index (χ0) is 18.1. The fourth-order valence-corrected chi connectivity index (χ4v) is 3.51. The van der Waals surface area contributed by atoms with Gasteiger partial charge in [-0.3, -0.25) is 9.79 Å². The molecule has 0 bridgehead atoms. The first-order chi connectivity index (χ1) is 12.1. The number of nitrogens with zero attached hydrogens (tertiary/aromatic N) is 2. The van der Waals surface area contributed by atoms with E-state index in [0.29, 0.717) is 6.54 Å². The SMILES string of the molecule is CCNC(=NCC1(C(=O)N(C)C)CCCC1)NCCc1ccccc1.I. The summed E-state index contributed by atoms with van der Waals surface area (Å²) in [7, 11) is 3.69. The Hall–Kier alpha value is -1.31. The minimum absolute atomic E-state index is 0. The van der Waals surface area contributed by atoms with E-state index in [1.807, 2.05) is 20.2 Å². The molecule has 5 nitrogen and oxygen atoms in total. The Morgan fingerprint density at radius 2 is 1.81 bits per heavy atom. The van der Waals surface area contributed by atoms with Crippen molar-refractivity contribution in [2.45, 2.75) is 39.0 Å². The van der Waals surface area contributed by atoms with E-state index in [4.69, 9.17) is 4.99 Å². The van der Waals surface area contributed by atoms with Crippen molar-refractivity contribution in [3.8, 4) is 0 Å². The molecule has 0 heterocycles. The molecule has 1 fully saturated rings. The van der Waals surface area contributed by atoms with Gasteiger partial charge in [0.15, 0.2) is 5.96 Å². The van der Waals surface area contributed by atoms with Gasteiger partial charge in [0, 0.05) is 27.2 Å². The molecule has 26 heavy (non-hydrogen) atoms. The first-order valence-corrected chi connectivity index (χ1v) is 9.35.